The lowest BCUT2D eigenvalue weighted by molar-refractivity contribution is 0.322. The van der Waals surface area contributed by atoms with Crippen LogP contribution in [0.15, 0.2) is 17.1 Å². The molecule has 0 aliphatic heterocycles. The molecule has 0 heterocycles. The Hall–Kier alpha value is -1.38. The second-order valence-corrected chi connectivity index (χ2v) is 6.47. The van der Waals surface area contributed by atoms with Crippen molar-refractivity contribution in [3.63, 3.8) is 0 Å². The van der Waals surface area contributed by atoms with Crippen LogP contribution in [0.3, 0.4) is 0 Å². The van der Waals surface area contributed by atoms with Crippen molar-refractivity contribution in [2.75, 3.05) is 41.0 Å². The zero-order chi connectivity index (χ0) is 19.4. The van der Waals surface area contributed by atoms with Crippen molar-refractivity contribution in [2.24, 2.45) is 10.9 Å². The molecule has 2 N–H and O–H groups in total. The molecule has 0 bridgehead atoms. The summed E-state index contributed by atoms with van der Waals surface area (Å²) in [5.74, 6) is 3.59. The van der Waals surface area contributed by atoms with Crippen molar-refractivity contribution in [3.05, 3.63) is 17.7 Å². The summed E-state index contributed by atoms with van der Waals surface area (Å²) < 4.78 is 16.3. The normalized spacial score (nSPS) is 11.0. The van der Waals surface area contributed by atoms with Gasteiger partial charge in [0, 0.05) is 25.2 Å². The molecule has 27 heavy (non-hydrogen) atoms. The summed E-state index contributed by atoms with van der Waals surface area (Å²) in [6, 6.07) is 3.91. The monoisotopic (exact) mass is 493 g/mol. The molecule has 0 amide bonds. The van der Waals surface area contributed by atoms with Gasteiger partial charge >= 0.3 is 0 Å². The van der Waals surface area contributed by atoms with Crippen LogP contribution in [0.2, 0.25) is 0 Å². The summed E-state index contributed by atoms with van der Waals surface area (Å²) in [5, 5.41) is 6.68. The molecule has 0 fully saturated rings. The predicted octanol–water partition coefficient (Wildman–Crippen LogP) is 3.86. The van der Waals surface area contributed by atoms with Crippen molar-refractivity contribution >= 4 is 29.9 Å². The van der Waals surface area contributed by atoms with Crippen LogP contribution in [0, 0.1) is 5.92 Å². The fraction of sp³-hybridized carbons (Fsp3) is 0.650. The summed E-state index contributed by atoms with van der Waals surface area (Å²) in [6.45, 7) is 8.99. The average molecular weight is 493 g/mol. The summed E-state index contributed by atoms with van der Waals surface area (Å²) in [6.07, 6.45) is 3.10. The molecule has 7 heteroatoms. The molecular weight excluding hydrogens is 457 g/mol. The van der Waals surface area contributed by atoms with Gasteiger partial charge in [-0.1, -0.05) is 19.9 Å². The Morgan fingerprint density at radius 1 is 1.04 bits per heavy atom. The number of hydrogen-bond donors (Lipinski definition) is 2. The topological polar surface area (TPSA) is 64.1 Å². The molecule has 0 spiro atoms. The third kappa shape index (κ3) is 8.90. The highest BCUT2D eigenvalue weighted by atomic mass is 127. The number of guanidine groups is 1. The van der Waals surface area contributed by atoms with E-state index in [1.165, 1.54) is 6.42 Å². The van der Waals surface area contributed by atoms with Gasteiger partial charge in [0.1, 0.15) is 0 Å². The summed E-state index contributed by atoms with van der Waals surface area (Å²) in [4.78, 5) is 4.64. The van der Waals surface area contributed by atoms with Gasteiger partial charge in [0.15, 0.2) is 17.5 Å². The van der Waals surface area contributed by atoms with Crippen LogP contribution in [0.4, 0.5) is 0 Å². The van der Waals surface area contributed by atoms with E-state index in [1.54, 1.807) is 21.3 Å². The zero-order valence-corrected chi connectivity index (χ0v) is 19.9. The van der Waals surface area contributed by atoms with Crippen LogP contribution >= 0.6 is 24.0 Å². The third-order valence-corrected chi connectivity index (χ3v) is 4.03. The standard InChI is InChI=1S/C20H35N3O3.HI/c1-7-21-20(22-13-8-9-15(2)3)23-14-12-16-10-11-17(24-4)19(26-6)18(16)25-5;/h10-11,15H,7-9,12-14H2,1-6H3,(H2,21,22,23);1H. The second kappa shape index (κ2) is 14.6. The molecule has 0 atom stereocenters. The van der Waals surface area contributed by atoms with Gasteiger partial charge in [-0.05, 0) is 38.2 Å². The summed E-state index contributed by atoms with van der Waals surface area (Å²) in [7, 11) is 4.89. The first kappa shape index (κ1) is 25.6. The Balaban J connectivity index is 0.00000676. The van der Waals surface area contributed by atoms with Gasteiger partial charge in [-0.3, -0.25) is 4.99 Å². The van der Waals surface area contributed by atoms with Gasteiger partial charge in [0.05, 0.1) is 21.3 Å². The van der Waals surface area contributed by atoms with Gasteiger partial charge in [0.25, 0.3) is 0 Å². The van der Waals surface area contributed by atoms with Crippen LogP contribution < -0.4 is 24.8 Å². The molecule has 1 rings (SSSR count). The Morgan fingerprint density at radius 2 is 1.74 bits per heavy atom. The molecular formula is C20H36IN3O3. The lowest BCUT2D eigenvalue weighted by Crippen LogP contribution is -2.38. The number of nitrogens with one attached hydrogen (secondary N) is 2. The van der Waals surface area contributed by atoms with Gasteiger partial charge in [0.2, 0.25) is 5.75 Å². The van der Waals surface area contributed by atoms with E-state index in [4.69, 9.17) is 14.2 Å². The number of aliphatic imine (C=N–C) groups is 1. The van der Waals surface area contributed by atoms with Crippen LogP contribution in [0.25, 0.3) is 0 Å². The highest BCUT2D eigenvalue weighted by molar-refractivity contribution is 14.0. The molecule has 1 aromatic carbocycles. The minimum absolute atomic E-state index is 0. The molecule has 0 saturated carbocycles. The predicted molar refractivity (Wildman–Crippen MR) is 123 cm³/mol. The molecule has 0 radical (unpaired) electrons. The number of rotatable bonds is 11. The minimum atomic E-state index is 0. The Labute approximate surface area is 181 Å². The van der Waals surface area contributed by atoms with E-state index in [0.29, 0.717) is 17.2 Å². The quantitative estimate of drug-likeness (QED) is 0.212. The highest BCUT2D eigenvalue weighted by Crippen LogP contribution is 2.39. The molecule has 1 aromatic rings. The number of halogens is 1. The van der Waals surface area contributed by atoms with Crippen LogP contribution in [-0.4, -0.2) is 46.9 Å². The first-order valence-electron chi connectivity index (χ1n) is 9.37. The third-order valence-electron chi connectivity index (χ3n) is 4.03. The van der Waals surface area contributed by atoms with Crippen LogP contribution in [0.1, 0.15) is 39.2 Å². The van der Waals surface area contributed by atoms with Crippen molar-refractivity contribution < 1.29 is 14.2 Å². The number of benzene rings is 1. The number of nitrogens with zero attached hydrogens (tertiary/aromatic N) is 1. The van der Waals surface area contributed by atoms with E-state index in [1.807, 2.05) is 12.1 Å². The Kier molecular flexibility index (Phi) is 13.9. The maximum Gasteiger partial charge on any atom is 0.203 e. The van der Waals surface area contributed by atoms with E-state index >= 15 is 0 Å². The first-order valence-corrected chi connectivity index (χ1v) is 9.37. The van der Waals surface area contributed by atoms with Crippen LogP contribution in [0.5, 0.6) is 17.2 Å². The molecule has 0 aliphatic carbocycles. The number of methoxy groups -OCH3 is 3. The largest absolute Gasteiger partial charge is 0.493 e. The van der Waals surface area contributed by atoms with E-state index < -0.39 is 0 Å². The second-order valence-electron chi connectivity index (χ2n) is 6.47. The van der Waals surface area contributed by atoms with E-state index in [2.05, 4.69) is 36.4 Å². The highest BCUT2D eigenvalue weighted by Gasteiger charge is 2.15. The average Bonchev–Trinajstić information content (AvgIpc) is 2.64. The molecule has 0 aliphatic rings. The maximum absolute atomic E-state index is 5.54. The fourth-order valence-corrected chi connectivity index (χ4v) is 2.71. The van der Waals surface area contributed by atoms with Gasteiger partial charge in [-0.15, -0.1) is 24.0 Å². The summed E-state index contributed by atoms with van der Waals surface area (Å²) >= 11 is 0. The fourth-order valence-electron chi connectivity index (χ4n) is 2.71. The molecule has 0 unspecified atom stereocenters. The lowest BCUT2D eigenvalue weighted by Gasteiger charge is -2.16. The molecule has 6 nitrogen and oxygen atoms in total. The first-order chi connectivity index (χ1) is 12.6. The van der Waals surface area contributed by atoms with Gasteiger partial charge in [-0.2, -0.15) is 0 Å². The van der Waals surface area contributed by atoms with Crippen molar-refractivity contribution in [1.29, 1.82) is 0 Å². The molecule has 0 aromatic heterocycles. The lowest BCUT2D eigenvalue weighted by atomic mass is 10.1. The van der Waals surface area contributed by atoms with Crippen molar-refractivity contribution in [1.82, 2.24) is 10.6 Å². The van der Waals surface area contributed by atoms with Gasteiger partial charge < -0.3 is 24.8 Å². The zero-order valence-electron chi connectivity index (χ0n) is 17.6. The summed E-state index contributed by atoms with van der Waals surface area (Å²) in [5.41, 5.74) is 1.06. The van der Waals surface area contributed by atoms with Crippen molar-refractivity contribution in [2.45, 2.75) is 40.0 Å². The number of ether oxygens (including phenoxy) is 3. The Morgan fingerprint density at radius 3 is 2.30 bits per heavy atom. The Bertz CT molecular complexity index is 566. The maximum atomic E-state index is 5.54. The van der Waals surface area contributed by atoms with E-state index in [9.17, 15) is 0 Å². The van der Waals surface area contributed by atoms with Gasteiger partial charge in [-0.25, -0.2) is 0 Å². The smallest absolute Gasteiger partial charge is 0.203 e. The minimum Gasteiger partial charge on any atom is -0.493 e. The van der Waals surface area contributed by atoms with E-state index in [-0.39, 0.29) is 24.0 Å². The number of hydrogen-bond acceptors (Lipinski definition) is 4. The molecule has 156 valence electrons. The van der Waals surface area contributed by atoms with E-state index in [0.717, 1.165) is 49.9 Å². The van der Waals surface area contributed by atoms with Crippen molar-refractivity contribution in [3.8, 4) is 17.2 Å². The molecule has 0 saturated heterocycles. The SMILES string of the molecule is CCNC(=NCCCC(C)C)NCCc1ccc(OC)c(OC)c1OC.I. The van der Waals surface area contributed by atoms with Crippen LogP contribution in [-0.2, 0) is 6.42 Å².